The van der Waals surface area contributed by atoms with E-state index in [0.717, 1.165) is 23.5 Å². The fourth-order valence-corrected chi connectivity index (χ4v) is 2.23. The molecule has 3 aromatic rings. The zero-order valence-corrected chi connectivity index (χ0v) is 12.2. The van der Waals surface area contributed by atoms with Crippen LogP contribution in [0.15, 0.2) is 42.9 Å². The van der Waals surface area contributed by atoms with Crippen molar-refractivity contribution in [3.8, 4) is 11.3 Å². The fraction of sp³-hybridized carbons (Fsp3) is 0.188. The molecule has 0 bridgehead atoms. The number of aryl methyl sites for hydroxylation is 1. The number of aromatic nitrogens is 4. The van der Waals surface area contributed by atoms with Crippen LogP contribution in [0.4, 0.5) is 13.2 Å². The maximum absolute atomic E-state index is 13.7. The van der Waals surface area contributed by atoms with E-state index >= 15 is 0 Å². The summed E-state index contributed by atoms with van der Waals surface area (Å²) < 4.78 is 40.4. The van der Waals surface area contributed by atoms with Gasteiger partial charge in [0.25, 0.3) is 6.43 Å². The molecule has 0 radical (unpaired) electrons. The molecule has 0 aliphatic carbocycles. The van der Waals surface area contributed by atoms with Gasteiger partial charge < -0.3 is 0 Å². The monoisotopic (exact) mass is 318 g/mol. The zero-order valence-electron chi connectivity index (χ0n) is 12.2. The highest BCUT2D eigenvalue weighted by Gasteiger charge is 2.14. The van der Waals surface area contributed by atoms with Gasteiger partial charge in [0.1, 0.15) is 12.1 Å². The van der Waals surface area contributed by atoms with Gasteiger partial charge in [0.15, 0.2) is 0 Å². The maximum Gasteiger partial charge on any atom is 0.266 e. The summed E-state index contributed by atoms with van der Waals surface area (Å²) in [7, 11) is 0. The van der Waals surface area contributed by atoms with E-state index in [4.69, 9.17) is 0 Å². The fourth-order valence-electron chi connectivity index (χ4n) is 2.23. The van der Waals surface area contributed by atoms with E-state index in [1.54, 1.807) is 16.9 Å². The molecule has 0 saturated carbocycles. The Bertz CT molecular complexity index is 830. The van der Waals surface area contributed by atoms with Gasteiger partial charge in [0, 0.05) is 17.5 Å². The highest BCUT2D eigenvalue weighted by Crippen LogP contribution is 2.26. The van der Waals surface area contributed by atoms with E-state index < -0.39 is 17.8 Å². The molecule has 118 valence electrons. The van der Waals surface area contributed by atoms with Crippen molar-refractivity contribution in [3.63, 3.8) is 0 Å². The molecule has 0 atom stereocenters. The van der Waals surface area contributed by atoms with Crippen molar-refractivity contribution in [1.29, 1.82) is 0 Å². The third kappa shape index (κ3) is 3.39. The molecule has 0 unspecified atom stereocenters. The van der Waals surface area contributed by atoms with Gasteiger partial charge in [-0.3, -0.25) is 4.68 Å². The Hall–Kier alpha value is -2.70. The molecular formula is C16H13F3N4. The van der Waals surface area contributed by atoms with Gasteiger partial charge in [0.2, 0.25) is 0 Å². The number of alkyl halides is 2. The number of hydrogen-bond donors (Lipinski definition) is 0. The third-order valence-electron chi connectivity index (χ3n) is 3.36. The molecule has 0 amide bonds. The minimum Gasteiger partial charge on any atom is -0.266 e. The van der Waals surface area contributed by atoms with Gasteiger partial charge in [-0.05, 0) is 31.2 Å². The lowest BCUT2D eigenvalue weighted by molar-refractivity contribution is 0.146. The van der Waals surface area contributed by atoms with Crippen molar-refractivity contribution in [2.24, 2.45) is 0 Å². The molecule has 2 aromatic heterocycles. The smallest absolute Gasteiger partial charge is 0.266 e. The topological polar surface area (TPSA) is 43.6 Å². The van der Waals surface area contributed by atoms with Crippen LogP contribution in [0.3, 0.4) is 0 Å². The van der Waals surface area contributed by atoms with E-state index in [2.05, 4.69) is 15.1 Å². The largest absolute Gasteiger partial charge is 0.266 e. The van der Waals surface area contributed by atoms with Gasteiger partial charge >= 0.3 is 0 Å². The second-order valence-corrected chi connectivity index (χ2v) is 5.09. The summed E-state index contributed by atoms with van der Waals surface area (Å²) >= 11 is 0. The second-order valence-electron chi connectivity index (χ2n) is 5.09. The van der Waals surface area contributed by atoms with Crippen molar-refractivity contribution < 1.29 is 13.2 Å². The number of benzene rings is 1. The average molecular weight is 318 g/mol. The molecule has 2 heterocycles. The van der Waals surface area contributed by atoms with Crippen LogP contribution in [0.2, 0.25) is 0 Å². The Morgan fingerprint density at radius 3 is 2.65 bits per heavy atom. The SMILES string of the molecule is Cc1cc(Cn2ccc(-c3ccc(C(F)F)c(F)c3)n2)ncn1. The predicted octanol–water partition coefficient (Wildman–Crippen LogP) is 3.77. The summed E-state index contributed by atoms with van der Waals surface area (Å²) in [5.41, 5.74) is 2.00. The molecule has 3 rings (SSSR count). The molecule has 0 fully saturated rings. The first-order valence-corrected chi connectivity index (χ1v) is 6.92. The molecule has 23 heavy (non-hydrogen) atoms. The Morgan fingerprint density at radius 1 is 1.13 bits per heavy atom. The molecule has 0 aliphatic rings. The molecule has 0 saturated heterocycles. The Kier molecular flexibility index (Phi) is 4.10. The van der Waals surface area contributed by atoms with Crippen molar-refractivity contribution in [2.75, 3.05) is 0 Å². The van der Waals surface area contributed by atoms with Gasteiger partial charge in [-0.25, -0.2) is 23.1 Å². The van der Waals surface area contributed by atoms with E-state index in [1.165, 1.54) is 12.4 Å². The predicted molar refractivity (Wildman–Crippen MR) is 78.4 cm³/mol. The van der Waals surface area contributed by atoms with E-state index in [9.17, 15) is 13.2 Å². The van der Waals surface area contributed by atoms with Gasteiger partial charge in [-0.1, -0.05) is 6.07 Å². The van der Waals surface area contributed by atoms with Gasteiger partial charge in [0.05, 0.1) is 23.5 Å². The lowest BCUT2D eigenvalue weighted by atomic mass is 10.1. The van der Waals surface area contributed by atoms with Crippen LogP contribution in [0.5, 0.6) is 0 Å². The number of nitrogens with zero attached hydrogens (tertiary/aromatic N) is 4. The molecular weight excluding hydrogens is 305 g/mol. The van der Waals surface area contributed by atoms with Crippen LogP contribution in [0, 0.1) is 12.7 Å². The summed E-state index contributed by atoms with van der Waals surface area (Å²) in [5, 5.41) is 4.32. The minimum absolute atomic E-state index is 0.445. The Labute approximate surface area is 130 Å². The second kappa shape index (κ2) is 6.20. The molecule has 0 spiro atoms. The lowest BCUT2D eigenvalue weighted by Crippen LogP contribution is -2.03. The summed E-state index contributed by atoms with van der Waals surface area (Å²) in [6, 6.07) is 7.14. The van der Waals surface area contributed by atoms with E-state index in [1.807, 2.05) is 13.0 Å². The van der Waals surface area contributed by atoms with Crippen molar-refractivity contribution in [1.82, 2.24) is 19.7 Å². The Morgan fingerprint density at radius 2 is 1.96 bits per heavy atom. The summed E-state index contributed by atoms with van der Waals surface area (Å²) in [5.74, 6) is -0.932. The van der Waals surface area contributed by atoms with Crippen LogP contribution in [-0.2, 0) is 6.54 Å². The van der Waals surface area contributed by atoms with Crippen molar-refractivity contribution in [3.05, 3.63) is 65.6 Å². The van der Waals surface area contributed by atoms with Crippen LogP contribution in [-0.4, -0.2) is 19.7 Å². The normalized spacial score (nSPS) is 11.2. The summed E-state index contributed by atoms with van der Waals surface area (Å²) in [6.07, 6.45) is 0.377. The quantitative estimate of drug-likeness (QED) is 0.735. The third-order valence-corrected chi connectivity index (χ3v) is 3.36. The molecule has 1 aromatic carbocycles. The average Bonchev–Trinajstić information content (AvgIpc) is 2.95. The van der Waals surface area contributed by atoms with Crippen LogP contribution >= 0.6 is 0 Å². The number of rotatable bonds is 4. The van der Waals surface area contributed by atoms with Crippen LogP contribution in [0.25, 0.3) is 11.3 Å². The number of hydrogen-bond acceptors (Lipinski definition) is 3. The van der Waals surface area contributed by atoms with Crippen molar-refractivity contribution in [2.45, 2.75) is 19.9 Å². The molecule has 0 N–H and O–H groups in total. The molecule has 4 nitrogen and oxygen atoms in total. The number of halogens is 3. The minimum atomic E-state index is -2.83. The maximum atomic E-state index is 13.7. The van der Waals surface area contributed by atoms with Crippen LogP contribution in [0.1, 0.15) is 23.4 Å². The first-order valence-electron chi connectivity index (χ1n) is 6.92. The Balaban J connectivity index is 1.83. The standard InChI is InChI=1S/C16H13F3N4/c1-10-6-12(21-9-20-10)8-23-5-4-15(22-23)11-2-3-13(16(18)19)14(17)7-11/h2-7,9,16H,8H2,1H3. The first kappa shape index (κ1) is 15.2. The summed E-state index contributed by atoms with van der Waals surface area (Å²) in [6.45, 7) is 2.31. The zero-order chi connectivity index (χ0) is 16.4. The van der Waals surface area contributed by atoms with Crippen LogP contribution < -0.4 is 0 Å². The summed E-state index contributed by atoms with van der Waals surface area (Å²) in [4.78, 5) is 8.17. The molecule has 0 aliphatic heterocycles. The van der Waals surface area contributed by atoms with Gasteiger partial charge in [-0.15, -0.1) is 0 Å². The van der Waals surface area contributed by atoms with Crippen molar-refractivity contribution >= 4 is 0 Å². The highest BCUT2D eigenvalue weighted by molar-refractivity contribution is 5.59. The van der Waals surface area contributed by atoms with Gasteiger partial charge in [-0.2, -0.15) is 5.10 Å². The van der Waals surface area contributed by atoms with E-state index in [-0.39, 0.29) is 0 Å². The first-order chi connectivity index (χ1) is 11.0. The lowest BCUT2D eigenvalue weighted by Gasteiger charge is -2.04. The highest BCUT2D eigenvalue weighted by atomic mass is 19.3. The molecule has 7 heteroatoms. The van der Waals surface area contributed by atoms with E-state index in [0.29, 0.717) is 17.8 Å².